The molecule has 6 nitrogen and oxygen atoms in total. The molecule has 1 fully saturated rings. The van der Waals surface area contributed by atoms with Crippen LogP contribution in [-0.2, 0) is 9.53 Å². The average Bonchev–Trinajstić information content (AvgIpc) is 2.90. The zero-order chi connectivity index (χ0) is 14.9. The number of halogens is 1. The summed E-state index contributed by atoms with van der Waals surface area (Å²) in [6.07, 6.45) is 0.292. The molecule has 3 N–H and O–H groups in total. The highest BCUT2D eigenvalue weighted by Crippen LogP contribution is 2.32. The average molecular weight is 283 g/mol. The molecule has 0 aromatic heterocycles. The van der Waals surface area contributed by atoms with Gasteiger partial charge >= 0.3 is 11.9 Å². The molecule has 1 aromatic rings. The molecule has 0 spiro atoms. The van der Waals surface area contributed by atoms with E-state index in [0.717, 1.165) is 13.2 Å². The van der Waals surface area contributed by atoms with Crippen molar-refractivity contribution >= 4 is 11.9 Å². The molecule has 2 unspecified atom stereocenters. The summed E-state index contributed by atoms with van der Waals surface area (Å²) >= 11 is 0. The molecule has 0 saturated carbocycles. The van der Waals surface area contributed by atoms with Gasteiger partial charge in [0.15, 0.2) is 11.6 Å². The molecule has 1 saturated heterocycles. The quantitative estimate of drug-likeness (QED) is 0.718. The van der Waals surface area contributed by atoms with Crippen LogP contribution in [0.25, 0.3) is 0 Å². The lowest BCUT2D eigenvalue weighted by molar-refractivity contribution is -0.141. The maximum absolute atomic E-state index is 13.6. The number of ether oxygens (including phenoxy) is 1. The third-order valence-electron chi connectivity index (χ3n) is 3.37. The van der Waals surface area contributed by atoms with Gasteiger partial charge in [-0.2, -0.15) is 0 Å². The number of rotatable bonds is 3. The summed E-state index contributed by atoms with van der Waals surface area (Å²) in [7, 11) is 1.13. The van der Waals surface area contributed by atoms with Gasteiger partial charge in [0.05, 0.1) is 13.0 Å². The lowest BCUT2D eigenvalue weighted by Crippen LogP contribution is -2.17. The third-order valence-corrected chi connectivity index (χ3v) is 3.37. The molecule has 20 heavy (non-hydrogen) atoms. The van der Waals surface area contributed by atoms with E-state index in [-0.39, 0.29) is 18.2 Å². The van der Waals surface area contributed by atoms with Gasteiger partial charge in [-0.1, -0.05) is 0 Å². The van der Waals surface area contributed by atoms with Crippen molar-refractivity contribution in [2.24, 2.45) is 5.92 Å². The first-order valence-corrected chi connectivity index (χ1v) is 6.01. The minimum Gasteiger partial charge on any atom is -0.504 e. The van der Waals surface area contributed by atoms with Crippen LogP contribution >= 0.6 is 0 Å². The van der Waals surface area contributed by atoms with Crippen molar-refractivity contribution in [3.8, 4) is 5.75 Å². The maximum Gasteiger partial charge on any atom is 0.341 e. The number of aromatic hydroxyl groups is 1. The van der Waals surface area contributed by atoms with Gasteiger partial charge in [-0.3, -0.25) is 4.79 Å². The molecular weight excluding hydrogens is 269 g/mol. The van der Waals surface area contributed by atoms with E-state index in [9.17, 15) is 19.1 Å². The molecule has 1 aromatic carbocycles. The highest BCUT2D eigenvalue weighted by Gasteiger charge is 2.31. The molecule has 2 rings (SSSR count). The number of hydrogen-bond acceptors (Lipinski definition) is 5. The SMILES string of the molecule is COC(=O)c1cc(C2CC(C(=O)O)CN2)cc(F)c1O. The highest BCUT2D eigenvalue weighted by atomic mass is 19.1. The number of aliphatic carboxylic acids is 1. The van der Waals surface area contributed by atoms with E-state index in [1.165, 1.54) is 6.07 Å². The lowest BCUT2D eigenvalue weighted by atomic mass is 9.98. The molecular formula is C13H14FNO5. The van der Waals surface area contributed by atoms with Gasteiger partial charge in [-0.05, 0) is 24.1 Å². The molecule has 0 bridgehead atoms. The summed E-state index contributed by atoms with van der Waals surface area (Å²) in [5, 5.41) is 21.4. The molecule has 108 valence electrons. The Labute approximate surface area is 114 Å². The van der Waals surface area contributed by atoms with Crippen molar-refractivity contribution in [3.05, 3.63) is 29.1 Å². The van der Waals surface area contributed by atoms with Crippen LogP contribution in [-0.4, -0.2) is 35.8 Å². The van der Waals surface area contributed by atoms with E-state index in [0.29, 0.717) is 12.0 Å². The highest BCUT2D eigenvalue weighted by molar-refractivity contribution is 5.92. The topological polar surface area (TPSA) is 95.9 Å². The van der Waals surface area contributed by atoms with Crippen LogP contribution in [0.5, 0.6) is 5.75 Å². The molecule has 2 atom stereocenters. The number of phenols is 1. The second-order valence-corrected chi connectivity index (χ2v) is 4.62. The Morgan fingerprint density at radius 3 is 2.70 bits per heavy atom. The summed E-state index contributed by atoms with van der Waals surface area (Å²) < 4.78 is 18.1. The lowest BCUT2D eigenvalue weighted by Gasteiger charge is -2.13. The molecule has 0 aliphatic carbocycles. The minimum atomic E-state index is -0.941. The zero-order valence-corrected chi connectivity index (χ0v) is 10.7. The number of carbonyl (C=O) groups excluding carboxylic acids is 1. The second kappa shape index (κ2) is 5.46. The fourth-order valence-corrected chi connectivity index (χ4v) is 2.26. The molecule has 0 radical (unpaired) electrons. The summed E-state index contributed by atoms with van der Waals surface area (Å²) in [5.41, 5.74) is 0.132. The summed E-state index contributed by atoms with van der Waals surface area (Å²) in [4.78, 5) is 22.4. The Kier molecular flexibility index (Phi) is 3.89. The number of carboxylic acids is 1. The van der Waals surface area contributed by atoms with Crippen molar-refractivity contribution < 1.29 is 28.9 Å². The van der Waals surface area contributed by atoms with Crippen LogP contribution in [0.15, 0.2) is 12.1 Å². The van der Waals surface area contributed by atoms with Gasteiger partial charge in [0.1, 0.15) is 5.56 Å². The minimum absolute atomic E-state index is 0.274. The normalized spacial score (nSPS) is 21.7. The van der Waals surface area contributed by atoms with Crippen LogP contribution in [0.3, 0.4) is 0 Å². The molecule has 1 aliphatic rings. The van der Waals surface area contributed by atoms with E-state index < -0.39 is 29.4 Å². The summed E-state index contributed by atoms with van der Waals surface area (Å²) in [6.45, 7) is 0.274. The van der Waals surface area contributed by atoms with Gasteiger partial charge in [0, 0.05) is 12.6 Å². The molecule has 7 heteroatoms. The van der Waals surface area contributed by atoms with Crippen molar-refractivity contribution in [1.82, 2.24) is 5.32 Å². The number of methoxy groups -OCH3 is 1. The Hall–Kier alpha value is -2.15. The van der Waals surface area contributed by atoms with E-state index in [2.05, 4.69) is 10.1 Å². The number of nitrogens with one attached hydrogen (secondary N) is 1. The number of benzene rings is 1. The van der Waals surface area contributed by atoms with Crippen molar-refractivity contribution in [2.45, 2.75) is 12.5 Å². The van der Waals surface area contributed by atoms with Crippen LogP contribution in [0.4, 0.5) is 4.39 Å². The van der Waals surface area contributed by atoms with Crippen molar-refractivity contribution in [1.29, 1.82) is 0 Å². The molecule has 0 amide bonds. The fraction of sp³-hybridized carbons (Fsp3) is 0.385. The van der Waals surface area contributed by atoms with Crippen LogP contribution in [0.1, 0.15) is 28.4 Å². The molecule has 1 aliphatic heterocycles. The molecule has 1 heterocycles. The predicted octanol–water partition coefficient (Wildman–Crippen LogP) is 1.05. The number of phenolic OH excluding ortho intramolecular Hbond substituents is 1. The smallest absolute Gasteiger partial charge is 0.341 e. The first-order chi connectivity index (χ1) is 9.43. The van der Waals surface area contributed by atoms with Crippen LogP contribution in [0.2, 0.25) is 0 Å². The summed E-state index contributed by atoms with van der Waals surface area (Å²) in [6, 6.07) is 2.02. The Bertz CT molecular complexity index is 560. The van der Waals surface area contributed by atoms with Crippen molar-refractivity contribution in [3.63, 3.8) is 0 Å². The fourth-order valence-electron chi connectivity index (χ4n) is 2.26. The number of carboxylic acid groups (broad SMARTS) is 1. The van der Waals surface area contributed by atoms with Gasteiger partial charge in [0.25, 0.3) is 0 Å². The van der Waals surface area contributed by atoms with E-state index in [4.69, 9.17) is 5.11 Å². The Morgan fingerprint density at radius 1 is 1.45 bits per heavy atom. The van der Waals surface area contributed by atoms with Gasteiger partial charge < -0.3 is 20.3 Å². The Balaban J connectivity index is 2.32. The standard InChI is InChI=1S/C13H14FNO5/c1-20-13(19)8-2-6(3-9(14)11(8)16)10-4-7(5-15-10)12(17)18/h2-3,7,10,15-16H,4-5H2,1H3,(H,17,18). The number of hydrogen-bond donors (Lipinski definition) is 3. The predicted molar refractivity (Wildman–Crippen MR) is 65.9 cm³/mol. The zero-order valence-electron chi connectivity index (χ0n) is 10.7. The maximum atomic E-state index is 13.6. The van der Waals surface area contributed by atoms with Gasteiger partial charge in [-0.15, -0.1) is 0 Å². The van der Waals surface area contributed by atoms with Gasteiger partial charge in [-0.25, -0.2) is 9.18 Å². The number of esters is 1. The van der Waals surface area contributed by atoms with Crippen molar-refractivity contribution in [2.75, 3.05) is 13.7 Å². The Morgan fingerprint density at radius 2 is 2.15 bits per heavy atom. The third kappa shape index (κ3) is 2.57. The summed E-state index contributed by atoms with van der Waals surface area (Å²) in [5.74, 6) is -4.04. The first-order valence-electron chi connectivity index (χ1n) is 6.01. The first kappa shape index (κ1) is 14.3. The van der Waals surface area contributed by atoms with E-state index in [1.807, 2.05) is 0 Å². The van der Waals surface area contributed by atoms with Crippen LogP contribution in [0, 0.1) is 11.7 Å². The largest absolute Gasteiger partial charge is 0.504 e. The monoisotopic (exact) mass is 283 g/mol. The van der Waals surface area contributed by atoms with Crippen LogP contribution < -0.4 is 5.32 Å². The second-order valence-electron chi connectivity index (χ2n) is 4.62. The van der Waals surface area contributed by atoms with Gasteiger partial charge in [0.2, 0.25) is 0 Å². The van der Waals surface area contributed by atoms with E-state index in [1.54, 1.807) is 0 Å². The number of carbonyl (C=O) groups is 2. The van der Waals surface area contributed by atoms with E-state index >= 15 is 0 Å².